The molecule has 0 saturated heterocycles. The van der Waals surface area contributed by atoms with Gasteiger partial charge < -0.3 is 15.9 Å². The fourth-order valence-corrected chi connectivity index (χ4v) is 0.552. The minimum absolute atomic E-state index is 0.308. The van der Waals surface area contributed by atoms with Crippen LogP contribution < -0.4 is 11.5 Å². The molecule has 0 atom stereocenters. The van der Waals surface area contributed by atoms with Crippen LogP contribution in [0.5, 0.6) is 0 Å². The van der Waals surface area contributed by atoms with E-state index in [9.17, 15) is 0 Å². The van der Waals surface area contributed by atoms with Crippen LogP contribution in [0.2, 0.25) is 0 Å². The molecule has 0 aliphatic carbocycles. The third kappa shape index (κ3) is 0.621. The first-order valence-corrected chi connectivity index (χ1v) is 2.31. The van der Waals surface area contributed by atoms with E-state index in [2.05, 4.69) is 0 Å². The summed E-state index contributed by atoms with van der Waals surface area (Å²) in [6.45, 7) is 1.80. The minimum atomic E-state index is 0.308. The number of rotatable bonds is 0. The van der Waals surface area contributed by atoms with Gasteiger partial charge in [0.25, 0.3) is 0 Å². The maximum atomic E-state index is 5.32. The monoisotopic (exact) mass is 112 g/mol. The molecular formula is C5H8N2O. The van der Waals surface area contributed by atoms with Crippen molar-refractivity contribution in [3.63, 3.8) is 0 Å². The van der Waals surface area contributed by atoms with Crippen LogP contribution in [0, 0.1) is 6.92 Å². The van der Waals surface area contributed by atoms with E-state index in [0.717, 1.165) is 5.76 Å². The highest BCUT2D eigenvalue weighted by atomic mass is 16.4. The molecule has 0 spiro atoms. The van der Waals surface area contributed by atoms with Crippen LogP contribution >= 0.6 is 0 Å². The van der Waals surface area contributed by atoms with Crippen LogP contribution in [0.4, 0.5) is 11.6 Å². The van der Waals surface area contributed by atoms with Crippen molar-refractivity contribution >= 4 is 11.6 Å². The average molecular weight is 112 g/mol. The number of furan rings is 1. The van der Waals surface area contributed by atoms with E-state index in [1.54, 1.807) is 13.0 Å². The van der Waals surface area contributed by atoms with E-state index < -0.39 is 0 Å². The molecule has 8 heavy (non-hydrogen) atoms. The second-order valence-electron chi connectivity index (χ2n) is 1.68. The quantitative estimate of drug-likeness (QED) is 0.520. The van der Waals surface area contributed by atoms with Crippen LogP contribution in [0.15, 0.2) is 10.5 Å². The number of hydrogen-bond donors (Lipinski definition) is 2. The summed E-state index contributed by atoms with van der Waals surface area (Å²) in [7, 11) is 0. The number of nitrogens with two attached hydrogens (primary N) is 2. The summed E-state index contributed by atoms with van der Waals surface area (Å²) in [5.41, 5.74) is 11.1. The molecule has 0 fully saturated rings. The highest BCUT2D eigenvalue weighted by molar-refractivity contribution is 5.56. The molecule has 0 bridgehead atoms. The first kappa shape index (κ1) is 5.03. The number of aryl methyl sites for hydroxylation is 1. The maximum Gasteiger partial charge on any atom is 0.213 e. The third-order valence-corrected chi connectivity index (χ3v) is 0.914. The molecule has 1 aromatic rings. The van der Waals surface area contributed by atoms with E-state index in [-0.39, 0.29) is 0 Å². The van der Waals surface area contributed by atoms with Crippen LogP contribution in [0.1, 0.15) is 5.76 Å². The van der Waals surface area contributed by atoms with Crippen molar-refractivity contribution in [2.75, 3.05) is 11.5 Å². The van der Waals surface area contributed by atoms with Gasteiger partial charge in [0.2, 0.25) is 5.88 Å². The zero-order valence-corrected chi connectivity index (χ0v) is 4.64. The van der Waals surface area contributed by atoms with Crippen molar-refractivity contribution in [1.29, 1.82) is 0 Å². The lowest BCUT2D eigenvalue weighted by atomic mass is 10.4. The molecule has 44 valence electrons. The smallest absolute Gasteiger partial charge is 0.213 e. The first-order valence-electron chi connectivity index (χ1n) is 2.31. The normalized spacial score (nSPS) is 9.62. The third-order valence-electron chi connectivity index (χ3n) is 0.914. The molecule has 0 radical (unpaired) electrons. The summed E-state index contributed by atoms with van der Waals surface area (Å²) >= 11 is 0. The van der Waals surface area contributed by atoms with Gasteiger partial charge in [-0.2, -0.15) is 0 Å². The van der Waals surface area contributed by atoms with Crippen LogP contribution in [0.25, 0.3) is 0 Å². The standard InChI is InChI=1S/C5H8N2O/c1-3-2-4(6)5(7)8-3/h2H,6-7H2,1H3. The van der Waals surface area contributed by atoms with Crippen molar-refractivity contribution in [2.45, 2.75) is 6.92 Å². The highest BCUT2D eigenvalue weighted by Crippen LogP contribution is 2.17. The summed E-state index contributed by atoms with van der Waals surface area (Å²) in [6, 6.07) is 1.69. The SMILES string of the molecule is Cc1cc(N)c(N)o1. The molecule has 0 aliphatic heterocycles. The lowest BCUT2D eigenvalue weighted by molar-refractivity contribution is 0.554. The number of anilines is 2. The summed E-state index contributed by atoms with van der Waals surface area (Å²) in [5.74, 6) is 1.06. The van der Waals surface area contributed by atoms with E-state index in [1.165, 1.54) is 0 Å². The van der Waals surface area contributed by atoms with Gasteiger partial charge in [0, 0.05) is 6.07 Å². The number of nitrogen functional groups attached to an aromatic ring is 2. The topological polar surface area (TPSA) is 65.2 Å². The molecule has 1 rings (SSSR count). The second kappa shape index (κ2) is 1.43. The largest absolute Gasteiger partial charge is 0.444 e. The molecule has 0 saturated carbocycles. The van der Waals surface area contributed by atoms with Crippen LogP contribution in [0.3, 0.4) is 0 Å². The van der Waals surface area contributed by atoms with E-state index in [4.69, 9.17) is 15.9 Å². The van der Waals surface area contributed by atoms with Gasteiger partial charge in [-0.05, 0) is 6.92 Å². The van der Waals surface area contributed by atoms with Crippen LogP contribution in [-0.2, 0) is 0 Å². The number of hydrogen-bond acceptors (Lipinski definition) is 3. The Morgan fingerprint density at radius 2 is 2.12 bits per heavy atom. The van der Waals surface area contributed by atoms with Gasteiger partial charge in [-0.1, -0.05) is 0 Å². The first-order chi connectivity index (χ1) is 3.70. The van der Waals surface area contributed by atoms with Crippen molar-refractivity contribution in [3.05, 3.63) is 11.8 Å². The van der Waals surface area contributed by atoms with Gasteiger partial charge in [-0.15, -0.1) is 0 Å². The van der Waals surface area contributed by atoms with E-state index in [0.29, 0.717) is 11.6 Å². The summed E-state index contributed by atoms with van der Waals surface area (Å²) in [4.78, 5) is 0. The molecule has 1 aromatic heterocycles. The van der Waals surface area contributed by atoms with Crippen molar-refractivity contribution in [2.24, 2.45) is 0 Å². The molecule has 0 unspecified atom stereocenters. The highest BCUT2D eigenvalue weighted by Gasteiger charge is 1.97. The second-order valence-corrected chi connectivity index (χ2v) is 1.68. The lowest BCUT2D eigenvalue weighted by Crippen LogP contribution is -1.87. The lowest BCUT2D eigenvalue weighted by Gasteiger charge is -1.81. The Hall–Kier alpha value is -1.12. The summed E-state index contributed by atoms with van der Waals surface area (Å²) in [5, 5.41) is 0. The van der Waals surface area contributed by atoms with Gasteiger partial charge in [0.05, 0.1) is 5.69 Å². The van der Waals surface area contributed by atoms with Crippen molar-refractivity contribution < 1.29 is 4.42 Å². The van der Waals surface area contributed by atoms with Crippen molar-refractivity contribution in [3.8, 4) is 0 Å². The van der Waals surface area contributed by atoms with Gasteiger partial charge in [-0.25, -0.2) is 0 Å². The Morgan fingerprint density at radius 3 is 2.25 bits per heavy atom. The molecule has 3 heteroatoms. The molecule has 1 heterocycles. The Kier molecular flexibility index (Phi) is 0.901. The van der Waals surface area contributed by atoms with E-state index in [1.807, 2.05) is 0 Å². The Balaban J connectivity index is 3.14. The van der Waals surface area contributed by atoms with Gasteiger partial charge in [0.15, 0.2) is 0 Å². The predicted octanol–water partition coefficient (Wildman–Crippen LogP) is 0.752. The summed E-state index contributed by atoms with van der Waals surface area (Å²) in [6.07, 6.45) is 0. The van der Waals surface area contributed by atoms with Crippen molar-refractivity contribution in [1.82, 2.24) is 0 Å². The fourth-order valence-electron chi connectivity index (χ4n) is 0.552. The maximum absolute atomic E-state index is 5.32. The predicted molar refractivity (Wildman–Crippen MR) is 32.3 cm³/mol. The van der Waals surface area contributed by atoms with Gasteiger partial charge in [-0.3, -0.25) is 0 Å². The molecular weight excluding hydrogens is 104 g/mol. The zero-order valence-electron chi connectivity index (χ0n) is 4.64. The molecule has 0 aromatic carbocycles. The molecule has 0 amide bonds. The minimum Gasteiger partial charge on any atom is -0.444 e. The summed E-state index contributed by atoms with van der Waals surface area (Å²) < 4.78 is 4.87. The average Bonchev–Trinajstić information content (AvgIpc) is 1.85. The van der Waals surface area contributed by atoms with Gasteiger partial charge in [0.1, 0.15) is 5.76 Å². The Bertz CT molecular complexity index is 173. The van der Waals surface area contributed by atoms with E-state index >= 15 is 0 Å². The molecule has 0 aliphatic rings. The van der Waals surface area contributed by atoms with Gasteiger partial charge >= 0.3 is 0 Å². The Morgan fingerprint density at radius 1 is 1.50 bits per heavy atom. The fraction of sp³-hybridized carbons (Fsp3) is 0.200. The molecule has 3 nitrogen and oxygen atoms in total. The Labute approximate surface area is 47.3 Å². The zero-order chi connectivity index (χ0) is 6.15. The molecule has 4 N–H and O–H groups in total. The van der Waals surface area contributed by atoms with Crippen LogP contribution in [-0.4, -0.2) is 0 Å².